The highest BCUT2D eigenvalue weighted by atomic mass is 16.4. The molecule has 20 heavy (non-hydrogen) atoms. The van der Waals surface area contributed by atoms with Gasteiger partial charge in [-0.25, -0.2) is 0 Å². The second-order valence-electron chi connectivity index (χ2n) is 5.87. The summed E-state index contributed by atoms with van der Waals surface area (Å²) in [5, 5.41) is 9.11. The molecule has 0 radical (unpaired) electrons. The van der Waals surface area contributed by atoms with Crippen LogP contribution < -0.4 is 0 Å². The molecule has 3 nitrogen and oxygen atoms in total. The Labute approximate surface area is 121 Å². The summed E-state index contributed by atoms with van der Waals surface area (Å²) in [6.07, 6.45) is 4.53. The summed E-state index contributed by atoms with van der Waals surface area (Å²) < 4.78 is 0. The van der Waals surface area contributed by atoms with Crippen molar-refractivity contribution in [2.24, 2.45) is 0 Å². The fraction of sp³-hybridized carbons (Fsp3) is 0.588. The molecule has 0 fully saturated rings. The topological polar surface area (TPSA) is 40.5 Å². The van der Waals surface area contributed by atoms with Gasteiger partial charge in [-0.1, -0.05) is 31.2 Å². The van der Waals surface area contributed by atoms with Crippen molar-refractivity contribution in [3.8, 4) is 0 Å². The molecule has 0 saturated heterocycles. The van der Waals surface area contributed by atoms with Gasteiger partial charge in [0.15, 0.2) is 0 Å². The molecule has 2 rings (SSSR count). The number of benzene rings is 1. The molecule has 1 aromatic carbocycles. The second kappa shape index (κ2) is 6.89. The minimum Gasteiger partial charge on any atom is -0.480 e. The number of carboxylic acid groups (broad SMARTS) is 1. The van der Waals surface area contributed by atoms with Crippen molar-refractivity contribution in [3.63, 3.8) is 0 Å². The molecular weight excluding hydrogens is 250 g/mol. The SMILES string of the molecule is CCC(C)N(CC(=O)O)CC1CCCc2ccccc21. The van der Waals surface area contributed by atoms with E-state index >= 15 is 0 Å². The fourth-order valence-electron chi connectivity index (χ4n) is 3.16. The lowest BCUT2D eigenvalue weighted by molar-refractivity contribution is -0.139. The van der Waals surface area contributed by atoms with Crippen LogP contribution in [0.15, 0.2) is 24.3 Å². The third-order valence-electron chi connectivity index (χ3n) is 4.50. The highest BCUT2D eigenvalue weighted by molar-refractivity contribution is 5.69. The number of fused-ring (bicyclic) bond motifs is 1. The molecule has 2 atom stereocenters. The van der Waals surface area contributed by atoms with E-state index in [2.05, 4.69) is 43.0 Å². The first-order chi connectivity index (χ1) is 9.61. The number of carboxylic acids is 1. The lowest BCUT2D eigenvalue weighted by atomic mass is 9.82. The van der Waals surface area contributed by atoms with Gasteiger partial charge in [0.1, 0.15) is 0 Å². The average Bonchev–Trinajstić information content (AvgIpc) is 2.45. The van der Waals surface area contributed by atoms with Gasteiger partial charge >= 0.3 is 5.97 Å². The Morgan fingerprint density at radius 3 is 2.90 bits per heavy atom. The minimum atomic E-state index is -0.727. The zero-order valence-electron chi connectivity index (χ0n) is 12.5. The first-order valence-corrected chi connectivity index (χ1v) is 7.65. The van der Waals surface area contributed by atoms with Crippen LogP contribution in [0.3, 0.4) is 0 Å². The summed E-state index contributed by atoms with van der Waals surface area (Å²) in [6.45, 7) is 5.25. The van der Waals surface area contributed by atoms with Gasteiger partial charge in [-0.2, -0.15) is 0 Å². The van der Waals surface area contributed by atoms with Crippen LogP contribution in [0.1, 0.15) is 50.2 Å². The number of carbonyl (C=O) groups is 1. The lowest BCUT2D eigenvalue weighted by Crippen LogP contribution is -2.40. The molecule has 0 bridgehead atoms. The van der Waals surface area contributed by atoms with Crippen molar-refractivity contribution in [2.75, 3.05) is 13.1 Å². The van der Waals surface area contributed by atoms with Gasteiger partial charge in [-0.15, -0.1) is 0 Å². The molecular formula is C17H25NO2. The Balaban J connectivity index is 2.13. The number of hydrogen-bond donors (Lipinski definition) is 1. The predicted molar refractivity (Wildman–Crippen MR) is 81.1 cm³/mol. The highest BCUT2D eigenvalue weighted by Crippen LogP contribution is 2.32. The predicted octanol–water partition coefficient (Wildman–Crippen LogP) is 3.29. The van der Waals surface area contributed by atoms with E-state index in [-0.39, 0.29) is 6.54 Å². The van der Waals surface area contributed by atoms with E-state index in [9.17, 15) is 4.79 Å². The van der Waals surface area contributed by atoms with Gasteiger partial charge in [0, 0.05) is 12.6 Å². The molecule has 1 N–H and O–H groups in total. The van der Waals surface area contributed by atoms with Crippen LogP contribution in [-0.2, 0) is 11.2 Å². The molecule has 110 valence electrons. The monoisotopic (exact) mass is 275 g/mol. The summed E-state index contributed by atoms with van der Waals surface area (Å²) >= 11 is 0. The molecule has 0 amide bonds. The lowest BCUT2D eigenvalue weighted by Gasteiger charge is -2.33. The number of rotatable bonds is 6. The van der Waals surface area contributed by atoms with E-state index in [1.54, 1.807) is 0 Å². The van der Waals surface area contributed by atoms with E-state index in [1.807, 2.05) is 0 Å². The molecule has 0 aromatic heterocycles. The molecule has 0 spiro atoms. The molecule has 0 saturated carbocycles. The Bertz CT molecular complexity index is 458. The number of nitrogens with zero attached hydrogens (tertiary/aromatic N) is 1. The van der Waals surface area contributed by atoms with Gasteiger partial charge < -0.3 is 5.11 Å². The normalized spacial score (nSPS) is 19.6. The molecule has 1 aliphatic rings. The van der Waals surface area contributed by atoms with Gasteiger partial charge in [-0.3, -0.25) is 9.69 Å². The Kier molecular flexibility index (Phi) is 5.18. The van der Waals surface area contributed by atoms with Gasteiger partial charge in [-0.05, 0) is 49.7 Å². The summed E-state index contributed by atoms with van der Waals surface area (Å²) in [5.74, 6) is -0.248. The Hall–Kier alpha value is -1.35. The van der Waals surface area contributed by atoms with Crippen LogP contribution in [0.4, 0.5) is 0 Å². The zero-order chi connectivity index (χ0) is 14.5. The standard InChI is InChI=1S/C17H25NO2/c1-3-13(2)18(12-17(19)20)11-15-9-6-8-14-7-4-5-10-16(14)15/h4-5,7,10,13,15H,3,6,8-9,11-12H2,1-2H3,(H,19,20). The first kappa shape index (κ1) is 15.0. The largest absolute Gasteiger partial charge is 0.480 e. The van der Waals surface area contributed by atoms with E-state index in [0.29, 0.717) is 12.0 Å². The maximum atomic E-state index is 11.1. The fourth-order valence-corrected chi connectivity index (χ4v) is 3.16. The Morgan fingerprint density at radius 2 is 2.20 bits per heavy atom. The summed E-state index contributed by atoms with van der Waals surface area (Å²) in [6, 6.07) is 8.95. The second-order valence-corrected chi connectivity index (χ2v) is 5.87. The molecule has 0 heterocycles. The van der Waals surface area contributed by atoms with Gasteiger partial charge in [0.05, 0.1) is 6.54 Å². The van der Waals surface area contributed by atoms with E-state index in [4.69, 9.17) is 5.11 Å². The van der Waals surface area contributed by atoms with E-state index in [0.717, 1.165) is 19.4 Å². The smallest absolute Gasteiger partial charge is 0.317 e. The molecule has 1 aliphatic carbocycles. The van der Waals surface area contributed by atoms with Crippen molar-refractivity contribution in [2.45, 2.75) is 51.5 Å². The first-order valence-electron chi connectivity index (χ1n) is 7.65. The van der Waals surface area contributed by atoms with E-state index < -0.39 is 5.97 Å². The summed E-state index contributed by atoms with van der Waals surface area (Å²) in [5.41, 5.74) is 2.88. The molecule has 2 unspecified atom stereocenters. The summed E-state index contributed by atoms with van der Waals surface area (Å²) in [7, 11) is 0. The maximum absolute atomic E-state index is 11.1. The van der Waals surface area contributed by atoms with Crippen molar-refractivity contribution in [1.29, 1.82) is 0 Å². The van der Waals surface area contributed by atoms with Crippen LogP contribution in [-0.4, -0.2) is 35.1 Å². The van der Waals surface area contributed by atoms with Crippen molar-refractivity contribution in [1.82, 2.24) is 4.90 Å². The quantitative estimate of drug-likeness (QED) is 0.866. The Morgan fingerprint density at radius 1 is 1.45 bits per heavy atom. The number of hydrogen-bond acceptors (Lipinski definition) is 2. The van der Waals surface area contributed by atoms with Crippen molar-refractivity contribution < 1.29 is 9.90 Å². The van der Waals surface area contributed by atoms with Gasteiger partial charge in [0.2, 0.25) is 0 Å². The van der Waals surface area contributed by atoms with Crippen LogP contribution in [0.25, 0.3) is 0 Å². The number of aryl methyl sites for hydroxylation is 1. The average molecular weight is 275 g/mol. The molecule has 3 heteroatoms. The van der Waals surface area contributed by atoms with Crippen LogP contribution in [0.2, 0.25) is 0 Å². The third-order valence-corrected chi connectivity index (χ3v) is 4.50. The zero-order valence-corrected chi connectivity index (χ0v) is 12.5. The molecule has 1 aromatic rings. The van der Waals surface area contributed by atoms with Crippen LogP contribution in [0.5, 0.6) is 0 Å². The van der Waals surface area contributed by atoms with Crippen molar-refractivity contribution in [3.05, 3.63) is 35.4 Å². The third kappa shape index (κ3) is 3.60. The van der Waals surface area contributed by atoms with Crippen LogP contribution >= 0.6 is 0 Å². The summed E-state index contributed by atoms with van der Waals surface area (Å²) in [4.78, 5) is 13.2. The number of aliphatic carboxylic acids is 1. The van der Waals surface area contributed by atoms with Crippen LogP contribution in [0, 0.1) is 0 Å². The minimum absolute atomic E-state index is 0.147. The molecule has 0 aliphatic heterocycles. The van der Waals surface area contributed by atoms with Crippen molar-refractivity contribution >= 4 is 5.97 Å². The maximum Gasteiger partial charge on any atom is 0.317 e. The highest BCUT2D eigenvalue weighted by Gasteiger charge is 2.25. The van der Waals surface area contributed by atoms with E-state index in [1.165, 1.54) is 24.0 Å². The van der Waals surface area contributed by atoms with Gasteiger partial charge in [0.25, 0.3) is 0 Å².